The van der Waals surface area contributed by atoms with Crippen LogP contribution in [0.15, 0.2) is 18.2 Å². The molecule has 5 heteroatoms. The Morgan fingerprint density at radius 3 is 3.00 bits per heavy atom. The molecule has 1 aromatic rings. The van der Waals surface area contributed by atoms with Crippen molar-refractivity contribution in [1.82, 2.24) is 10.2 Å². The standard InChI is InChI=1S/C14H18N2O3/c17-14(16-7-2-5-15-6-8-16)11-3-1-4-12-13(11)19-10-9-18-12/h1,3-4,15H,2,5-10H2. The van der Waals surface area contributed by atoms with E-state index in [2.05, 4.69) is 5.32 Å². The summed E-state index contributed by atoms with van der Waals surface area (Å²) >= 11 is 0. The van der Waals surface area contributed by atoms with Gasteiger partial charge in [-0.1, -0.05) is 6.07 Å². The minimum atomic E-state index is 0.0334. The third kappa shape index (κ3) is 2.51. The normalized spacial score (nSPS) is 18.8. The van der Waals surface area contributed by atoms with Crippen molar-refractivity contribution in [2.24, 2.45) is 0 Å². The van der Waals surface area contributed by atoms with Gasteiger partial charge in [0.2, 0.25) is 0 Å². The van der Waals surface area contributed by atoms with Gasteiger partial charge in [0.25, 0.3) is 5.91 Å². The number of nitrogens with one attached hydrogen (secondary N) is 1. The van der Waals surface area contributed by atoms with Crippen LogP contribution < -0.4 is 14.8 Å². The van der Waals surface area contributed by atoms with Crippen molar-refractivity contribution in [2.75, 3.05) is 39.4 Å². The largest absolute Gasteiger partial charge is 0.486 e. The number of ether oxygens (including phenoxy) is 2. The molecule has 1 fully saturated rings. The SMILES string of the molecule is O=C(c1cccc2c1OCCO2)N1CCCNCC1. The molecule has 0 radical (unpaired) electrons. The van der Waals surface area contributed by atoms with E-state index in [1.54, 1.807) is 0 Å². The predicted octanol–water partition coefficient (Wildman–Crippen LogP) is 0.893. The maximum atomic E-state index is 12.6. The Balaban J connectivity index is 1.86. The van der Waals surface area contributed by atoms with Gasteiger partial charge < -0.3 is 19.7 Å². The van der Waals surface area contributed by atoms with Crippen molar-refractivity contribution in [3.63, 3.8) is 0 Å². The van der Waals surface area contributed by atoms with E-state index in [0.29, 0.717) is 30.3 Å². The maximum absolute atomic E-state index is 12.6. The third-order valence-corrected chi connectivity index (χ3v) is 3.42. The molecule has 1 aromatic carbocycles. The number of carbonyl (C=O) groups is 1. The quantitative estimate of drug-likeness (QED) is 0.817. The molecule has 0 unspecified atom stereocenters. The number of fused-ring (bicyclic) bond motifs is 1. The molecule has 2 aliphatic heterocycles. The number of para-hydroxylation sites is 1. The average Bonchev–Trinajstić information content (AvgIpc) is 2.75. The number of rotatable bonds is 1. The minimum absolute atomic E-state index is 0.0334. The van der Waals surface area contributed by atoms with Gasteiger partial charge in [0.15, 0.2) is 11.5 Å². The number of benzene rings is 1. The van der Waals surface area contributed by atoms with Crippen molar-refractivity contribution in [2.45, 2.75) is 6.42 Å². The van der Waals surface area contributed by atoms with E-state index in [9.17, 15) is 4.79 Å². The summed E-state index contributed by atoms with van der Waals surface area (Å²) in [6.45, 7) is 4.38. The number of hydrogen-bond acceptors (Lipinski definition) is 4. The van der Waals surface area contributed by atoms with Crippen LogP contribution in [-0.4, -0.2) is 50.2 Å². The second-order valence-corrected chi connectivity index (χ2v) is 4.73. The van der Waals surface area contributed by atoms with Gasteiger partial charge in [-0.25, -0.2) is 0 Å². The zero-order valence-electron chi connectivity index (χ0n) is 10.9. The van der Waals surface area contributed by atoms with E-state index in [1.807, 2.05) is 23.1 Å². The van der Waals surface area contributed by atoms with E-state index in [0.717, 1.165) is 32.6 Å². The van der Waals surface area contributed by atoms with Crippen molar-refractivity contribution < 1.29 is 14.3 Å². The van der Waals surface area contributed by atoms with Gasteiger partial charge >= 0.3 is 0 Å². The summed E-state index contributed by atoms with van der Waals surface area (Å²) in [5, 5.41) is 3.30. The van der Waals surface area contributed by atoms with Gasteiger partial charge in [0.05, 0.1) is 5.56 Å². The fourth-order valence-corrected chi connectivity index (χ4v) is 2.46. The molecule has 0 spiro atoms. The monoisotopic (exact) mass is 262 g/mol. The minimum Gasteiger partial charge on any atom is -0.486 e. The topological polar surface area (TPSA) is 50.8 Å². The Morgan fingerprint density at radius 2 is 2.05 bits per heavy atom. The van der Waals surface area contributed by atoms with Crippen LogP contribution in [0.3, 0.4) is 0 Å². The average molecular weight is 262 g/mol. The smallest absolute Gasteiger partial charge is 0.257 e. The van der Waals surface area contributed by atoms with Crippen LogP contribution in [0.2, 0.25) is 0 Å². The Kier molecular flexibility index (Phi) is 3.55. The first-order valence-electron chi connectivity index (χ1n) is 6.75. The van der Waals surface area contributed by atoms with Crippen LogP contribution in [0, 0.1) is 0 Å². The predicted molar refractivity (Wildman–Crippen MR) is 70.8 cm³/mol. The van der Waals surface area contributed by atoms with Crippen molar-refractivity contribution >= 4 is 5.91 Å². The molecule has 0 aliphatic carbocycles. The van der Waals surface area contributed by atoms with Crippen LogP contribution in [0.5, 0.6) is 11.5 Å². The summed E-state index contributed by atoms with van der Waals surface area (Å²) in [6, 6.07) is 5.50. The second-order valence-electron chi connectivity index (χ2n) is 4.73. The fourth-order valence-electron chi connectivity index (χ4n) is 2.46. The van der Waals surface area contributed by atoms with Gasteiger partial charge in [-0.05, 0) is 25.1 Å². The molecule has 5 nitrogen and oxygen atoms in total. The molecular weight excluding hydrogens is 244 g/mol. The van der Waals surface area contributed by atoms with Gasteiger partial charge in [0, 0.05) is 19.6 Å². The van der Waals surface area contributed by atoms with Crippen LogP contribution in [0.4, 0.5) is 0 Å². The Bertz CT molecular complexity index is 468. The Morgan fingerprint density at radius 1 is 1.16 bits per heavy atom. The van der Waals surface area contributed by atoms with Crippen molar-refractivity contribution in [3.8, 4) is 11.5 Å². The summed E-state index contributed by atoms with van der Waals surface area (Å²) in [6.07, 6.45) is 0.984. The number of hydrogen-bond donors (Lipinski definition) is 1. The summed E-state index contributed by atoms with van der Waals surface area (Å²) < 4.78 is 11.1. The van der Waals surface area contributed by atoms with E-state index >= 15 is 0 Å². The molecule has 102 valence electrons. The molecule has 0 aromatic heterocycles. The zero-order chi connectivity index (χ0) is 13.1. The number of carbonyl (C=O) groups excluding carboxylic acids is 1. The third-order valence-electron chi connectivity index (χ3n) is 3.42. The highest BCUT2D eigenvalue weighted by molar-refractivity contribution is 5.98. The lowest BCUT2D eigenvalue weighted by Gasteiger charge is -2.24. The highest BCUT2D eigenvalue weighted by atomic mass is 16.6. The molecular formula is C14H18N2O3. The van der Waals surface area contributed by atoms with Crippen LogP contribution in [0.25, 0.3) is 0 Å². The number of nitrogens with zero attached hydrogens (tertiary/aromatic N) is 1. The molecule has 0 bridgehead atoms. The van der Waals surface area contributed by atoms with Gasteiger partial charge in [-0.2, -0.15) is 0 Å². The van der Waals surface area contributed by atoms with Crippen LogP contribution in [0.1, 0.15) is 16.8 Å². The van der Waals surface area contributed by atoms with Crippen molar-refractivity contribution in [1.29, 1.82) is 0 Å². The van der Waals surface area contributed by atoms with Crippen LogP contribution in [-0.2, 0) is 0 Å². The summed E-state index contributed by atoms with van der Waals surface area (Å²) in [7, 11) is 0. The van der Waals surface area contributed by atoms with E-state index in [4.69, 9.17) is 9.47 Å². The summed E-state index contributed by atoms with van der Waals surface area (Å²) in [4.78, 5) is 14.5. The lowest BCUT2D eigenvalue weighted by molar-refractivity contribution is 0.0756. The first-order valence-corrected chi connectivity index (χ1v) is 6.75. The Labute approximate surface area is 112 Å². The van der Waals surface area contributed by atoms with E-state index < -0.39 is 0 Å². The maximum Gasteiger partial charge on any atom is 0.257 e. The highest BCUT2D eigenvalue weighted by Crippen LogP contribution is 2.34. The highest BCUT2D eigenvalue weighted by Gasteiger charge is 2.24. The molecule has 2 aliphatic rings. The van der Waals surface area contributed by atoms with Gasteiger partial charge in [0.1, 0.15) is 13.2 Å². The molecule has 0 atom stereocenters. The molecule has 19 heavy (non-hydrogen) atoms. The molecule has 0 saturated carbocycles. The fraction of sp³-hybridized carbons (Fsp3) is 0.500. The number of amides is 1. The molecule has 3 rings (SSSR count). The first kappa shape index (κ1) is 12.3. The summed E-state index contributed by atoms with van der Waals surface area (Å²) in [5.41, 5.74) is 0.610. The van der Waals surface area contributed by atoms with E-state index in [1.165, 1.54) is 0 Å². The van der Waals surface area contributed by atoms with E-state index in [-0.39, 0.29) is 5.91 Å². The van der Waals surface area contributed by atoms with Crippen molar-refractivity contribution in [3.05, 3.63) is 23.8 Å². The molecule has 1 saturated heterocycles. The lowest BCUT2D eigenvalue weighted by atomic mass is 10.1. The lowest BCUT2D eigenvalue weighted by Crippen LogP contribution is -2.34. The molecule has 1 amide bonds. The molecule has 1 N–H and O–H groups in total. The van der Waals surface area contributed by atoms with Gasteiger partial charge in [-0.3, -0.25) is 4.79 Å². The molecule has 2 heterocycles. The second kappa shape index (κ2) is 5.48. The van der Waals surface area contributed by atoms with Gasteiger partial charge in [-0.15, -0.1) is 0 Å². The Hall–Kier alpha value is -1.75. The van der Waals surface area contributed by atoms with Crippen LogP contribution >= 0.6 is 0 Å². The summed E-state index contributed by atoms with van der Waals surface area (Å²) in [5.74, 6) is 1.30. The zero-order valence-corrected chi connectivity index (χ0v) is 10.9. The first-order chi connectivity index (χ1) is 9.36.